The first-order chi connectivity index (χ1) is 12.6. The minimum atomic E-state index is -0.420. The quantitative estimate of drug-likeness (QED) is 0.177. The van der Waals surface area contributed by atoms with E-state index in [-0.39, 0.29) is 5.91 Å². The lowest BCUT2D eigenvalue weighted by molar-refractivity contribution is -0.134. The summed E-state index contributed by atoms with van der Waals surface area (Å²) in [5, 5.41) is 9.07. The van der Waals surface area contributed by atoms with Gasteiger partial charge in [-0.1, -0.05) is 24.3 Å². The Labute approximate surface area is 151 Å². The average molecular weight is 352 g/mol. The molecule has 134 valence electrons. The van der Waals surface area contributed by atoms with Gasteiger partial charge in [0.05, 0.1) is 7.11 Å². The molecule has 0 saturated carbocycles. The number of methoxy groups -OCH3 is 1. The maximum Gasteiger partial charge on any atom is 0.330 e. The Morgan fingerprint density at radius 3 is 2.77 bits per heavy atom. The zero-order valence-electron chi connectivity index (χ0n) is 14.3. The second kappa shape index (κ2) is 9.63. The zero-order chi connectivity index (χ0) is 18.8. The zero-order valence-corrected chi connectivity index (χ0v) is 14.3. The van der Waals surface area contributed by atoms with E-state index in [0.29, 0.717) is 17.8 Å². The molecule has 7 heteroatoms. The number of anilines is 1. The normalized spacial score (nSPS) is 10.8. The van der Waals surface area contributed by atoms with Crippen molar-refractivity contribution in [1.29, 1.82) is 0 Å². The Hall–Kier alpha value is -3.61. The predicted octanol–water partition coefficient (Wildman–Crippen LogP) is 2.12. The number of rotatable bonds is 7. The molecule has 2 rings (SSSR count). The van der Waals surface area contributed by atoms with E-state index in [9.17, 15) is 9.59 Å². The predicted molar refractivity (Wildman–Crippen MR) is 101 cm³/mol. The molecule has 0 aromatic heterocycles. The highest BCUT2D eigenvalue weighted by Gasteiger charge is 2.06. The highest BCUT2D eigenvalue weighted by atomic mass is 16.5. The number of hydrogen-bond donors (Lipinski definition) is 3. The molecule has 0 saturated heterocycles. The van der Waals surface area contributed by atoms with E-state index in [2.05, 4.69) is 20.5 Å². The Morgan fingerprint density at radius 2 is 2.00 bits per heavy atom. The van der Waals surface area contributed by atoms with Crippen LogP contribution in [-0.4, -0.2) is 25.3 Å². The molecular weight excluding hydrogens is 332 g/mol. The summed E-state index contributed by atoms with van der Waals surface area (Å²) >= 11 is 0. The second-order valence-corrected chi connectivity index (χ2v) is 5.29. The van der Waals surface area contributed by atoms with Crippen molar-refractivity contribution in [2.24, 2.45) is 10.9 Å². The molecule has 26 heavy (non-hydrogen) atoms. The number of hydrazone groups is 1. The van der Waals surface area contributed by atoms with Crippen molar-refractivity contribution in [3.05, 3.63) is 71.3 Å². The van der Waals surface area contributed by atoms with E-state index in [1.807, 2.05) is 24.3 Å². The monoisotopic (exact) mass is 352 g/mol. The van der Waals surface area contributed by atoms with E-state index in [1.54, 1.807) is 30.3 Å². The molecule has 4 N–H and O–H groups in total. The molecule has 0 spiro atoms. The number of carbonyl (C=O) groups excluding carboxylic acids is 2. The number of carbonyl (C=O) groups is 2. The Bertz CT molecular complexity index is 831. The van der Waals surface area contributed by atoms with Gasteiger partial charge in [-0.05, 0) is 41.5 Å². The third kappa shape index (κ3) is 5.79. The van der Waals surface area contributed by atoms with Crippen molar-refractivity contribution >= 4 is 30.0 Å². The van der Waals surface area contributed by atoms with Crippen LogP contribution >= 0.6 is 0 Å². The fraction of sp³-hybridized carbons (Fsp3) is 0.105. The molecule has 0 bridgehead atoms. The van der Waals surface area contributed by atoms with Crippen LogP contribution in [0.25, 0.3) is 6.08 Å². The van der Waals surface area contributed by atoms with Gasteiger partial charge in [0, 0.05) is 23.9 Å². The first-order valence-electron chi connectivity index (χ1n) is 7.84. The number of benzene rings is 2. The number of nitrogens with two attached hydrogens (primary N) is 1. The van der Waals surface area contributed by atoms with Crippen LogP contribution in [0, 0.1) is 0 Å². The summed E-state index contributed by atoms with van der Waals surface area (Å²) in [4.78, 5) is 23.5. The molecule has 0 atom stereocenters. The maximum atomic E-state index is 12.3. The fourth-order valence-electron chi connectivity index (χ4n) is 2.19. The molecule has 0 aliphatic rings. The van der Waals surface area contributed by atoms with Crippen LogP contribution in [0.4, 0.5) is 5.69 Å². The lowest BCUT2D eigenvalue weighted by atomic mass is 10.1. The van der Waals surface area contributed by atoms with E-state index in [1.165, 1.54) is 19.5 Å². The van der Waals surface area contributed by atoms with E-state index >= 15 is 0 Å². The molecular formula is C19H20N4O3. The Kier molecular flexibility index (Phi) is 6.93. The number of hydrogen-bond acceptors (Lipinski definition) is 5. The summed E-state index contributed by atoms with van der Waals surface area (Å²) < 4.78 is 4.56. The number of amides is 1. The molecule has 0 radical (unpaired) electrons. The Balaban J connectivity index is 1.99. The van der Waals surface area contributed by atoms with Crippen LogP contribution in [0.1, 0.15) is 21.5 Å². The molecule has 1 amide bonds. The van der Waals surface area contributed by atoms with Gasteiger partial charge in [0.1, 0.15) is 6.34 Å². The highest BCUT2D eigenvalue weighted by molar-refractivity contribution is 5.95. The van der Waals surface area contributed by atoms with E-state index in [4.69, 9.17) is 5.84 Å². The summed E-state index contributed by atoms with van der Waals surface area (Å²) in [6.07, 6.45) is 4.34. The number of ether oxygens (including phenoxy) is 1. The molecule has 0 aliphatic carbocycles. The molecule has 2 aromatic carbocycles. The summed E-state index contributed by atoms with van der Waals surface area (Å²) in [5.41, 5.74) is 2.98. The molecule has 2 aromatic rings. The van der Waals surface area contributed by atoms with Crippen molar-refractivity contribution in [3.63, 3.8) is 0 Å². The number of nitrogens with zero attached hydrogens (tertiary/aromatic N) is 1. The first kappa shape index (κ1) is 18.7. The molecule has 0 heterocycles. The average Bonchev–Trinajstić information content (AvgIpc) is 2.69. The van der Waals surface area contributed by atoms with E-state index in [0.717, 1.165) is 11.1 Å². The molecule has 0 aliphatic heterocycles. The fourth-order valence-corrected chi connectivity index (χ4v) is 2.19. The van der Waals surface area contributed by atoms with Crippen molar-refractivity contribution in [2.75, 3.05) is 12.4 Å². The topological polar surface area (TPSA) is 106 Å². The van der Waals surface area contributed by atoms with Gasteiger partial charge in [0.25, 0.3) is 5.91 Å². The van der Waals surface area contributed by atoms with Crippen molar-refractivity contribution in [3.8, 4) is 0 Å². The van der Waals surface area contributed by atoms with Gasteiger partial charge >= 0.3 is 5.97 Å². The molecule has 0 unspecified atom stereocenters. The smallest absolute Gasteiger partial charge is 0.330 e. The van der Waals surface area contributed by atoms with Crippen LogP contribution in [0.5, 0.6) is 0 Å². The lowest BCUT2D eigenvalue weighted by Gasteiger charge is -2.08. The Morgan fingerprint density at radius 1 is 1.19 bits per heavy atom. The van der Waals surface area contributed by atoms with Crippen LogP contribution < -0.4 is 16.5 Å². The molecule has 7 nitrogen and oxygen atoms in total. The van der Waals surface area contributed by atoms with Crippen molar-refractivity contribution in [1.82, 2.24) is 5.32 Å². The van der Waals surface area contributed by atoms with Crippen molar-refractivity contribution < 1.29 is 14.3 Å². The van der Waals surface area contributed by atoms with Gasteiger partial charge in [-0.15, -0.1) is 0 Å². The van der Waals surface area contributed by atoms with E-state index < -0.39 is 5.97 Å². The summed E-state index contributed by atoms with van der Waals surface area (Å²) in [6, 6.07) is 14.5. The van der Waals surface area contributed by atoms with Crippen LogP contribution in [0.2, 0.25) is 0 Å². The SMILES string of the molecule is COC(=O)C=Cc1cccc(CNC(=O)c2cccc(NC=NN)c2)c1. The van der Waals surface area contributed by atoms with Crippen LogP contribution in [0.3, 0.4) is 0 Å². The van der Waals surface area contributed by atoms with Crippen molar-refractivity contribution in [2.45, 2.75) is 6.54 Å². The van der Waals surface area contributed by atoms with Crippen LogP contribution in [-0.2, 0) is 16.1 Å². The third-order valence-electron chi connectivity index (χ3n) is 3.45. The molecule has 0 fully saturated rings. The minimum absolute atomic E-state index is 0.200. The van der Waals surface area contributed by atoms with Crippen LogP contribution in [0.15, 0.2) is 59.7 Å². The maximum absolute atomic E-state index is 12.3. The largest absolute Gasteiger partial charge is 0.466 e. The minimum Gasteiger partial charge on any atom is -0.466 e. The van der Waals surface area contributed by atoms with Gasteiger partial charge in [-0.3, -0.25) is 4.79 Å². The number of nitrogens with one attached hydrogen (secondary N) is 2. The van der Waals surface area contributed by atoms with Gasteiger partial charge in [0.15, 0.2) is 0 Å². The van der Waals surface area contributed by atoms with Gasteiger partial charge in [-0.2, -0.15) is 5.10 Å². The first-order valence-corrected chi connectivity index (χ1v) is 7.84. The summed E-state index contributed by atoms with van der Waals surface area (Å²) in [6.45, 7) is 0.362. The summed E-state index contributed by atoms with van der Waals surface area (Å²) in [5.74, 6) is 4.42. The second-order valence-electron chi connectivity index (χ2n) is 5.29. The highest BCUT2D eigenvalue weighted by Crippen LogP contribution is 2.11. The van der Waals surface area contributed by atoms with Gasteiger partial charge in [0.2, 0.25) is 0 Å². The third-order valence-corrected chi connectivity index (χ3v) is 3.45. The van der Waals surface area contributed by atoms with Gasteiger partial charge in [-0.25, -0.2) is 4.79 Å². The standard InChI is InChI=1S/C19H20N4O3/c1-26-18(24)9-8-14-4-2-5-15(10-14)12-21-19(25)16-6-3-7-17(11-16)22-13-23-20/h2-11,13H,12,20H2,1H3,(H,21,25)(H,22,23). The van der Waals surface area contributed by atoms with Gasteiger partial charge < -0.3 is 21.2 Å². The lowest BCUT2D eigenvalue weighted by Crippen LogP contribution is -2.22. The summed E-state index contributed by atoms with van der Waals surface area (Å²) in [7, 11) is 1.33. The number of esters is 1.